The average Bonchev–Trinajstić information content (AvgIpc) is 2.60. The molecule has 2 aromatic carbocycles. The molecule has 10 nitrogen and oxygen atoms in total. The zero-order valence-corrected chi connectivity index (χ0v) is 18.5. The van der Waals surface area contributed by atoms with Gasteiger partial charge in [-0.3, -0.25) is 9.80 Å². The summed E-state index contributed by atoms with van der Waals surface area (Å²) in [7, 11) is -1.85. The maximum absolute atomic E-state index is 12.8. The Labute approximate surface area is 202 Å². The predicted octanol–water partition coefficient (Wildman–Crippen LogP) is 0.841. The third-order valence-corrected chi connectivity index (χ3v) is 3.94. The van der Waals surface area contributed by atoms with Crippen molar-refractivity contribution in [2.45, 2.75) is 14.9 Å². The van der Waals surface area contributed by atoms with Crippen molar-refractivity contribution in [3.8, 4) is 22.6 Å². The Morgan fingerprint density at radius 3 is 2.42 bits per heavy atom. The smallest absolute Gasteiger partial charge is 0.716 e. The second-order valence-corrected chi connectivity index (χ2v) is 6.85. The Balaban J connectivity index is 0.00000300. The van der Waals surface area contributed by atoms with Crippen molar-refractivity contribution < 1.29 is 56.2 Å². The molecular weight excluding hydrogens is 437 g/mol. The van der Waals surface area contributed by atoms with Gasteiger partial charge in [-0.15, -0.1) is 5.11 Å². The van der Waals surface area contributed by atoms with Crippen molar-refractivity contribution in [1.29, 1.82) is 0 Å². The van der Waals surface area contributed by atoms with E-state index in [1.165, 1.54) is 47.7 Å². The predicted molar refractivity (Wildman–Crippen MR) is 112 cm³/mol. The maximum Gasteiger partial charge on any atom is 1.00 e. The molecule has 1 heterocycles. The fourth-order valence-electron chi connectivity index (χ4n) is 2.40. The summed E-state index contributed by atoms with van der Waals surface area (Å²) in [5.74, 6) is -0.380. The molecule has 0 amide bonds. The third-order valence-electron chi connectivity index (χ3n) is 3.55. The van der Waals surface area contributed by atoms with Crippen molar-refractivity contribution in [2.75, 3.05) is 14.1 Å². The van der Waals surface area contributed by atoms with Crippen LogP contribution in [0.25, 0.3) is 22.1 Å². The standard InChI is InChI=1S/C17H15N3O7S.2CH4.Na/c1-20(2)19-18-14-7-10(3-6-15(14)27-28(23,24)25)13-9-26-16-8-11(21)4-5-12(16)17(13)22;;;/h3-9,21H,1-2H3,(H,23,24,25);2*1H4;/q;;;+1/p-1. The molecule has 0 aliphatic heterocycles. The van der Waals surface area contributed by atoms with E-state index in [4.69, 9.17) is 4.42 Å². The number of rotatable bonds is 5. The number of phenolic OH excluding ortho intramolecular Hbond substituents is 1. The van der Waals surface area contributed by atoms with E-state index in [0.717, 1.165) is 0 Å². The quantitative estimate of drug-likeness (QED) is 0.194. The van der Waals surface area contributed by atoms with E-state index in [0.29, 0.717) is 5.56 Å². The van der Waals surface area contributed by atoms with Crippen LogP contribution in [0.4, 0.5) is 5.69 Å². The van der Waals surface area contributed by atoms with Gasteiger partial charge in [0.15, 0.2) is 11.2 Å². The molecular formula is C19H22N3NaO7S. The van der Waals surface area contributed by atoms with E-state index >= 15 is 0 Å². The van der Waals surface area contributed by atoms with Crippen LogP contribution in [-0.2, 0) is 10.4 Å². The summed E-state index contributed by atoms with van der Waals surface area (Å²) in [5, 5.41) is 18.7. The molecule has 0 aliphatic carbocycles. The first kappa shape index (κ1) is 28.6. The minimum Gasteiger partial charge on any atom is -0.716 e. The van der Waals surface area contributed by atoms with Crippen molar-refractivity contribution >= 4 is 27.1 Å². The summed E-state index contributed by atoms with van der Waals surface area (Å²) in [6.45, 7) is 0. The van der Waals surface area contributed by atoms with E-state index in [-0.39, 0.29) is 83.6 Å². The average molecular weight is 459 g/mol. The summed E-state index contributed by atoms with van der Waals surface area (Å²) >= 11 is 0. The van der Waals surface area contributed by atoms with E-state index in [9.17, 15) is 22.9 Å². The molecule has 0 spiro atoms. The molecule has 162 valence electrons. The molecule has 0 saturated heterocycles. The Hall–Kier alpha value is -2.44. The third kappa shape index (κ3) is 7.04. The molecule has 0 saturated carbocycles. The normalized spacial score (nSPS) is 10.7. The van der Waals surface area contributed by atoms with Gasteiger partial charge in [0.25, 0.3) is 10.4 Å². The maximum atomic E-state index is 12.8. The molecule has 0 aliphatic rings. The van der Waals surface area contributed by atoms with Crippen LogP contribution < -0.4 is 39.2 Å². The van der Waals surface area contributed by atoms with Gasteiger partial charge in [-0.1, -0.05) is 26.1 Å². The van der Waals surface area contributed by atoms with Crippen LogP contribution >= 0.6 is 0 Å². The molecule has 3 rings (SSSR count). The minimum absolute atomic E-state index is 0. The number of hydrogen-bond acceptors (Lipinski definition) is 9. The van der Waals surface area contributed by atoms with Gasteiger partial charge in [-0.25, -0.2) is 8.42 Å². The Bertz CT molecular complexity index is 1240. The SMILES string of the molecule is C.C.CN(C)N=Nc1cc(-c2coc3cc(O)ccc3c2=O)ccc1OS(=O)(=O)[O-].[Na+]. The van der Waals surface area contributed by atoms with Gasteiger partial charge in [-0.2, -0.15) is 0 Å². The van der Waals surface area contributed by atoms with Crippen LogP contribution in [0.5, 0.6) is 11.5 Å². The number of fused-ring (bicyclic) bond motifs is 1. The molecule has 31 heavy (non-hydrogen) atoms. The largest absolute Gasteiger partial charge is 1.00 e. The fourth-order valence-corrected chi connectivity index (χ4v) is 2.76. The summed E-state index contributed by atoms with van der Waals surface area (Å²) < 4.78 is 42.6. The van der Waals surface area contributed by atoms with Gasteiger partial charge in [0.05, 0.1) is 10.9 Å². The van der Waals surface area contributed by atoms with Crippen LogP contribution in [0.2, 0.25) is 0 Å². The molecule has 1 N–H and O–H groups in total. The first-order valence-corrected chi connectivity index (χ1v) is 9.10. The molecule has 0 unspecified atom stereocenters. The van der Waals surface area contributed by atoms with E-state index in [1.807, 2.05) is 0 Å². The van der Waals surface area contributed by atoms with Crippen LogP contribution in [0, 0.1) is 0 Å². The first-order valence-electron chi connectivity index (χ1n) is 7.77. The molecule has 3 aromatic rings. The van der Waals surface area contributed by atoms with E-state index < -0.39 is 10.4 Å². The van der Waals surface area contributed by atoms with Gasteiger partial charge in [0.2, 0.25) is 0 Å². The molecule has 0 radical (unpaired) electrons. The van der Waals surface area contributed by atoms with Gasteiger partial charge in [0.1, 0.15) is 23.3 Å². The molecule has 12 heteroatoms. The monoisotopic (exact) mass is 459 g/mol. The summed E-state index contributed by atoms with van der Waals surface area (Å²) in [6, 6.07) is 8.01. The van der Waals surface area contributed by atoms with Crippen molar-refractivity contribution in [3.63, 3.8) is 0 Å². The van der Waals surface area contributed by atoms with Crippen LogP contribution in [0.3, 0.4) is 0 Å². The topological polar surface area (TPSA) is 145 Å². The molecule has 1 aromatic heterocycles. The van der Waals surface area contributed by atoms with Gasteiger partial charge in [0, 0.05) is 20.2 Å². The van der Waals surface area contributed by atoms with Crippen LogP contribution in [0.1, 0.15) is 14.9 Å². The Morgan fingerprint density at radius 1 is 1.13 bits per heavy atom. The summed E-state index contributed by atoms with van der Waals surface area (Å²) in [6.07, 6.45) is 1.21. The number of aromatic hydroxyl groups is 1. The molecule has 0 atom stereocenters. The van der Waals surface area contributed by atoms with Crippen molar-refractivity contribution in [3.05, 3.63) is 52.9 Å². The van der Waals surface area contributed by atoms with Gasteiger partial charge < -0.3 is 18.3 Å². The Morgan fingerprint density at radius 2 is 1.81 bits per heavy atom. The first-order chi connectivity index (χ1) is 13.1. The fraction of sp³-hybridized carbons (Fsp3) is 0.211. The number of benzene rings is 2. The molecule has 0 fully saturated rings. The number of hydrogen-bond donors (Lipinski definition) is 1. The number of phenols is 1. The van der Waals surface area contributed by atoms with Gasteiger partial charge >= 0.3 is 29.6 Å². The second-order valence-electron chi connectivity index (χ2n) is 5.87. The summed E-state index contributed by atoms with van der Waals surface area (Å²) in [4.78, 5) is 12.8. The van der Waals surface area contributed by atoms with E-state index in [2.05, 4.69) is 14.5 Å². The minimum atomic E-state index is -5.03. The summed E-state index contributed by atoms with van der Waals surface area (Å²) in [5.41, 5.74) is 0.263. The second kappa shape index (κ2) is 11.3. The van der Waals surface area contributed by atoms with E-state index in [1.54, 1.807) is 14.1 Å². The Kier molecular flexibility index (Phi) is 10.4. The van der Waals surface area contributed by atoms with Crippen molar-refractivity contribution in [2.24, 2.45) is 10.3 Å². The van der Waals surface area contributed by atoms with Crippen LogP contribution in [-0.4, -0.2) is 37.2 Å². The molecule has 0 bridgehead atoms. The van der Waals surface area contributed by atoms with Gasteiger partial charge in [-0.05, 0) is 29.8 Å². The zero-order valence-electron chi connectivity index (χ0n) is 15.7. The van der Waals surface area contributed by atoms with Crippen molar-refractivity contribution in [1.82, 2.24) is 5.01 Å². The van der Waals surface area contributed by atoms with Crippen LogP contribution in [0.15, 0.2) is 62.2 Å². The zero-order chi connectivity index (χ0) is 20.5. The number of nitrogens with zero attached hydrogens (tertiary/aromatic N) is 3.